The van der Waals surface area contributed by atoms with Gasteiger partial charge in [-0.05, 0) is 48.2 Å². The van der Waals surface area contributed by atoms with Crippen LogP contribution in [0.4, 0.5) is 0 Å². The molecular formula is C17H25N3O2. The van der Waals surface area contributed by atoms with E-state index >= 15 is 0 Å². The molecule has 5 heteroatoms. The summed E-state index contributed by atoms with van der Waals surface area (Å²) in [5.41, 5.74) is 14.1. The first kappa shape index (κ1) is 16.1. The Morgan fingerprint density at radius 3 is 2.59 bits per heavy atom. The maximum atomic E-state index is 6.06. The van der Waals surface area contributed by atoms with Crippen molar-refractivity contribution >= 4 is 0 Å². The van der Waals surface area contributed by atoms with Crippen molar-refractivity contribution in [3.8, 4) is 11.5 Å². The molecule has 120 valence electrons. The maximum absolute atomic E-state index is 6.06. The van der Waals surface area contributed by atoms with Gasteiger partial charge in [0.25, 0.3) is 0 Å². The molecule has 0 aliphatic heterocycles. The van der Waals surface area contributed by atoms with Crippen molar-refractivity contribution in [3.63, 3.8) is 0 Å². The van der Waals surface area contributed by atoms with E-state index in [2.05, 4.69) is 12.2 Å². The van der Waals surface area contributed by atoms with Crippen LogP contribution in [0.2, 0.25) is 0 Å². The zero-order chi connectivity index (χ0) is 16.2. The molecule has 1 aromatic rings. The second-order valence-corrected chi connectivity index (χ2v) is 5.81. The lowest BCUT2D eigenvalue weighted by Crippen LogP contribution is -2.21. The number of hydrogen-bond acceptors (Lipinski definition) is 5. The molecule has 0 saturated heterocycles. The zero-order valence-corrected chi connectivity index (χ0v) is 13.5. The molecule has 1 aliphatic carbocycles. The van der Waals surface area contributed by atoms with Gasteiger partial charge in [0.1, 0.15) is 11.5 Å². The Bertz CT molecular complexity index is 590. The molecular weight excluding hydrogens is 278 g/mol. The van der Waals surface area contributed by atoms with Gasteiger partial charge in [-0.25, -0.2) is 0 Å². The van der Waals surface area contributed by atoms with Crippen LogP contribution in [0.5, 0.6) is 11.5 Å². The van der Waals surface area contributed by atoms with Gasteiger partial charge in [-0.2, -0.15) is 0 Å². The minimum atomic E-state index is 0.193. The van der Waals surface area contributed by atoms with Crippen molar-refractivity contribution in [2.45, 2.75) is 26.3 Å². The molecule has 1 aromatic carbocycles. The topological polar surface area (TPSA) is 82.5 Å². The van der Waals surface area contributed by atoms with Gasteiger partial charge >= 0.3 is 0 Å². The van der Waals surface area contributed by atoms with Crippen LogP contribution in [0.15, 0.2) is 41.9 Å². The molecule has 22 heavy (non-hydrogen) atoms. The SMILES string of the molecule is COc1ccc(CN/C(N)=C/C(=C\N)C2(C)CC2)c(OC)c1. The highest BCUT2D eigenvalue weighted by molar-refractivity contribution is 5.41. The van der Waals surface area contributed by atoms with Crippen molar-refractivity contribution in [2.24, 2.45) is 16.9 Å². The maximum Gasteiger partial charge on any atom is 0.127 e. The molecule has 2 rings (SSSR count). The number of hydrogen-bond donors (Lipinski definition) is 3. The van der Waals surface area contributed by atoms with E-state index in [1.54, 1.807) is 20.4 Å². The summed E-state index contributed by atoms with van der Waals surface area (Å²) in [6, 6.07) is 5.71. The number of rotatable bonds is 7. The molecule has 0 amide bonds. The van der Waals surface area contributed by atoms with E-state index < -0.39 is 0 Å². The van der Waals surface area contributed by atoms with E-state index in [1.165, 1.54) is 0 Å². The number of ether oxygens (including phenoxy) is 2. The smallest absolute Gasteiger partial charge is 0.127 e. The third kappa shape index (κ3) is 3.67. The first-order chi connectivity index (χ1) is 10.5. The Kier molecular flexibility index (Phi) is 4.85. The number of allylic oxidation sites excluding steroid dienone is 2. The van der Waals surface area contributed by atoms with Gasteiger partial charge in [-0.15, -0.1) is 0 Å². The van der Waals surface area contributed by atoms with E-state index in [9.17, 15) is 0 Å². The third-order valence-electron chi connectivity index (χ3n) is 4.16. The van der Waals surface area contributed by atoms with Crippen LogP contribution in [0.3, 0.4) is 0 Å². The van der Waals surface area contributed by atoms with Crippen molar-refractivity contribution in [2.75, 3.05) is 14.2 Å². The summed E-state index contributed by atoms with van der Waals surface area (Å²) in [5, 5.41) is 3.20. The van der Waals surface area contributed by atoms with Gasteiger partial charge < -0.3 is 26.3 Å². The summed E-state index contributed by atoms with van der Waals surface area (Å²) in [6.07, 6.45) is 5.89. The quantitative estimate of drug-likeness (QED) is 0.673. The van der Waals surface area contributed by atoms with E-state index in [1.807, 2.05) is 24.3 Å². The van der Waals surface area contributed by atoms with Crippen LogP contribution in [0, 0.1) is 5.41 Å². The van der Waals surface area contributed by atoms with E-state index in [4.69, 9.17) is 20.9 Å². The van der Waals surface area contributed by atoms with Gasteiger partial charge in [0.15, 0.2) is 0 Å². The molecule has 1 saturated carbocycles. The molecule has 1 aliphatic rings. The fraction of sp³-hybridized carbons (Fsp3) is 0.412. The lowest BCUT2D eigenvalue weighted by molar-refractivity contribution is 0.390. The minimum absolute atomic E-state index is 0.193. The van der Waals surface area contributed by atoms with Gasteiger partial charge in [0, 0.05) is 18.2 Å². The summed E-state index contributed by atoms with van der Waals surface area (Å²) >= 11 is 0. The highest BCUT2D eigenvalue weighted by Gasteiger charge is 2.39. The highest BCUT2D eigenvalue weighted by atomic mass is 16.5. The van der Waals surface area contributed by atoms with E-state index in [0.717, 1.165) is 35.5 Å². The standard InChI is InChI=1S/C17H25N3O2/c1-17(6-7-17)13(10-18)8-16(19)20-11-12-4-5-14(21-2)9-15(12)22-3/h4-5,8-10,20H,6-7,11,18-19H2,1-3H3/b13-10+,16-8+. The van der Waals surface area contributed by atoms with Crippen molar-refractivity contribution in [3.05, 3.63) is 47.4 Å². The van der Waals surface area contributed by atoms with Gasteiger partial charge in [0.2, 0.25) is 0 Å². The molecule has 1 fully saturated rings. The van der Waals surface area contributed by atoms with Crippen LogP contribution in [0.1, 0.15) is 25.3 Å². The molecule has 0 atom stereocenters. The monoisotopic (exact) mass is 303 g/mol. The zero-order valence-electron chi connectivity index (χ0n) is 13.5. The van der Waals surface area contributed by atoms with E-state index in [0.29, 0.717) is 12.4 Å². The van der Waals surface area contributed by atoms with Crippen LogP contribution < -0.4 is 26.3 Å². The Morgan fingerprint density at radius 1 is 1.32 bits per heavy atom. The van der Waals surface area contributed by atoms with Crippen LogP contribution in [-0.4, -0.2) is 14.2 Å². The number of nitrogens with two attached hydrogens (primary N) is 2. The number of benzene rings is 1. The Morgan fingerprint density at radius 2 is 2.05 bits per heavy atom. The van der Waals surface area contributed by atoms with Gasteiger partial charge in [-0.1, -0.05) is 6.92 Å². The molecule has 0 heterocycles. The Balaban J connectivity index is 2.03. The summed E-state index contributed by atoms with van der Waals surface area (Å²) in [7, 11) is 3.27. The lowest BCUT2D eigenvalue weighted by Gasteiger charge is -2.14. The van der Waals surface area contributed by atoms with Gasteiger partial charge in [-0.3, -0.25) is 0 Å². The Hall–Kier alpha value is -2.30. The Labute approximate surface area is 132 Å². The predicted molar refractivity (Wildman–Crippen MR) is 88.3 cm³/mol. The fourth-order valence-electron chi connectivity index (χ4n) is 2.31. The van der Waals surface area contributed by atoms with Crippen molar-refractivity contribution in [1.82, 2.24) is 5.32 Å². The summed E-state index contributed by atoms with van der Waals surface area (Å²) in [6.45, 7) is 2.77. The average molecular weight is 303 g/mol. The minimum Gasteiger partial charge on any atom is -0.497 e. The van der Waals surface area contributed by atoms with Gasteiger partial charge in [0.05, 0.1) is 20.0 Å². The number of methoxy groups -OCH3 is 2. The first-order valence-electron chi connectivity index (χ1n) is 7.37. The lowest BCUT2D eigenvalue weighted by atomic mass is 9.99. The van der Waals surface area contributed by atoms with Crippen LogP contribution in [0.25, 0.3) is 0 Å². The second-order valence-electron chi connectivity index (χ2n) is 5.81. The number of nitrogens with one attached hydrogen (secondary N) is 1. The van der Waals surface area contributed by atoms with Crippen molar-refractivity contribution in [1.29, 1.82) is 0 Å². The predicted octanol–water partition coefficient (Wildman–Crippen LogP) is 2.24. The molecule has 0 bridgehead atoms. The van der Waals surface area contributed by atoms with E-state index in [-0.39, 0.29) is 5.41 Å². The summed E-state index contributed by atoms with van der Waals surface area (Å²) < 4.78 is 10.6. The highest BCUT2D eigenvalue weighted by Crippen LogP contribution is 2.51. The molecule has 0 aromatic heterocycles. The molecule has 0 unspecified atom stereocenters. The van der Waals surface area contributed by atoms with Crippen LogP contribution in [-0.2, 0) is 6.54 Å². The van der Waals surface area contributed by atoms with Crippen LogP contribution >= 0.6 is 0 Å². The summed E-state index contributed by atoms with van der Waals surface area (Å²) in [5.74, 6) is 2.13. The third-order valence-corrected chi connectivity index (χ3v) is 4.16. The molecule has 0 spiro atoms. The largest absolute Gasteiger partial charge is 0.497 e. The fourth-order valence-corrected chi connectivity index (χ4v) is 2.31. The summed E-state index contributed by atoms with van der Waals surface area (Å²) in [4.78, 5) is 0. The first-order valence-corrected chi connectivity index (χ1v) is 7.37. The average Bonchev–Trinajstić information content (AvgIpc) is 3.28. The molecule has 5 nitrogen and oxygen atoms in total. The second kappa shape index (κ2) is 6.64. The molecule has 5 N–H and O–H groups in total. The van der Waals surface area contributed by atoms with Crippen molar-refractivity contribution < 1.29 is 9.47 Å². The normalized spacial score (nSPS) is 17.0. The molecule has 0 radical (unpaired) electrons.